The zero-order chi connectivity index (χ0) is 24.7. The Balaban J connectivity index is 1.41. The molecule has 1 saturated heterocycles. The molecule has 1 fully saturated rings. The van der Waals surface area contributed by atoms with Crippen LogP contribution in [0.1, 0.15) is 47.6 Å². The molecule has 6 heteroatoms. The quantitative estimate of drug-likeness (QED) is 0.465. The van der Waals surface area contributed by atoms with Gasteiger partial charge in [-0.05, 0) is 49.3 Å². The van der Waals surface area contributed by atoms with E-state index in [-0.39, 0.29) is 30.2 Å². The van der Waals surface area contributed by atoms with Crippen molar-refractivity contribution in [2.75, 3.05) is 18.8 Å². The number of aryl methyl sites for hydroxylation is 2. The summed E-state index contributed by atoms with van der Waals surface area (Å²) in [5, 5.41) is 3.22. The van der Waals surface area contributed by atoms with E-state index in [1.165, 1.54) is 4.31 Å². The molecule has 1 aliphatic heterocycles. The van der Waals surface area contributed by atoms with E-state index >= 15 is 0 Å². The van der Waals surface area contributed by atoms with Crippen LogP contribution in [0, 0.1) is 12.8 Å². The summed E-state index contributed by atoms with van der Waals surface area (Å²) in [5.41, 5.74) is 4.32. The Bertz CT molecular complexity index is 1200. The third-order valence-corrected chi connectivity index (χ3v) is 8.61. The van der Waals surface area contributed by atoms with Crippen LogP contribution in [0.25, 0.3) is 0 Å². The van der Waals surface area contributed by atoms with Crippen LogP contribution in [0.3, 0.4) is 0 Å². The van der Waals surface area contributed by atoms with Crippen molar-refractivity contribution < 1.29 is 13.2 Å². The van der Waals surface area contributed by atoms with Gasteiger partial charge in [0.25, 0.3) is 0 Å². The van der Waals surface area contributed by atoms with Crippen LogP contribution in [0.5, 0.6) is 0 Å². The first kappa shape index (κ1) is 25.1. The second-order valence-corrected chi connectivity index (χ2v) is 11.5. The monoisotopic (exact) mass is 490 g/mol. The Morgan fingerprint density at radius 1 is 0.943 bits per heavy atom. The molecule has 0 bridgehead atoms. The molecule has 2 atom stereocenters. The highest BCUT2D eigenvalue weighted by Crippen LogP contribution is 2.26. The van der Waals surface area contributed by atoms with Gasteiger partial charge in [0, 0.05) is 13.1 Å². The molecule has 0 aliphatic carbocycles. The standard InChI is InChI=1S/C29H34N2O3S/c1-23-16-18-26(19-17-23)28(25-13-6-3-7-14-25)30-29(32)27-15-8-20-31(22-27)35(33,34)21-9-12-24-10-4-2-5-11-24/h2-7,10-11,13-14,16-19,27-28H,8-9,12,15,20-22H2,1H3,(H,30,32)/t27-,28+/m1/s1. The first-order chi connectivity index (χ1) is 16.9. The maximum atomic E-state index is 13.4. The van der Waals surface area contributed by atoms with Crippen molar-refractivity contribution in [3.63, 3.8) is 0 Å². The molecule has 0 saturated carbocycles. The van der Waals surface area contributed by atoms with Crippen molar-refractivity contribution in [1.82, 2.24) is 9.62 Å². The molecule has 3 aromatic rings. The van der Waals surface area contributed by atoms with Crippen LogP contribution in [-0.2, 0) is 21.2 Å². The van der Waals surface area contributed by atoms with Gasteiger partial charge in [0.2, 0.25) is 15.9 Å². The van der Waals surface area contributed by atoms with Gasteiger partial charge in [-0.3, -0.25) is 4.79 Å². The molecule has 1 amide bonds. The zero-order valence-electron chi connectivity index (χ0n) is 20.3. The number of amides is 1. The van der Waals surface area contributed by atoms with Crippen molar-refractivity contribution in [1.29, 1.82) is 0 Å². The summed E-state index contributed by atoms with van der Waals surface area (Å²) >= 11 is 0. The van der Waals surface area contributed by atoms with E-state index in [9.17, 15) is 13.2 Å². The Labute approximate surface area is 209 Å². The van der Waals surface area contributed by atoms with Gasteiger partial charge in [-0.1, -0.05) is 90.5 Å². The molecule has 35 heavy (non-hydrogen) atoms. The van der Waals surface area contributed by atoms with Gasteiger partial charge >= 0.3 is 0 Å². The second-order valence-electron chi connectivity index (χ2n) is 9.37. The van der Waals surface area contributed by atoms with Crippen molar-refractivity contribution in [2.24, 2.45) is 5.92 Å². The van der Waals surface area contributed by atoms with Gasteiger partial charge in [-0.25, -0.2) is 12.7 Å². The van der Waals surface area contributed by atoms with Gasteiger partial charge in [0.15, 0.2) is 0 Å². The van der Waals surface area contributed by atoms with E-state index in [1.807, 2.05) is 91.9 Å². The van der Waals surface area contributed by atoms with Crippen molar-refractivity contribution in [3.05, 3.63) is 107 Å². The normalized spacial score (nSPS) is 17.6. The van der Waals surface area contributed by atoms with Crippen LogP contribution in [-0.4, -0.2) is 37.5 Å². The van der Waals surface area contributed by atoms with Crippen molar-refractivity contribution >= 4 is 15.9 Å². The summed E-state index contributed by atoms with van der Waals surface area (Å²) in [6.07, 6.45) is 2.68. The molecule has 1 heterocycles. The number of benzene rings is 3. The summed E-state index contributed by atoms with van der Waals surface area (Å²) in [6.45, 7) is 2.77. The molecular formula is C29H34N2O3S. The molecule has 0 unspecified atom stereocenters. The second kappa shape index (κ2) is 11.6. The van der Waals surface area contributed by atoms with E-state index in [2.05, 4.69) is 5.32 Å². The van der Waals surface area contributed by atoms with Crippen molar-refractivity contribution in [2.45, 2.75) is 38.6 Å². The van der Waals surface area contributed by atoms with Crippen LogP contribution < -0.4 is 5.32 Å². The predicted octanol–water partition coefficient (Wildman–Crippen LogP) is 4.88. The highest BCUT2D eigenvalue weighted by molar-refractivity contribution is 7.89. The summed E-state index contributed by atoms with van der Waals surface area (Å²) in [4.78, 5) is 13.4. The SMILES string of the molecule is Cc1ccc([C@@H](NC(=O)[C@@H]2CCCN(S(=O)(=O)CCCc3ccccc3)C2)c2ccccc2)cc1. The molecule has 4 rings (SSSR count). The highest BCUT2D eigenvalue weighted by atomic mass is 32.2. The first-order valence-corrected chi connectivity index (χ1v) is 14.0. The Hall–Kier alpha value is -2.96. The fraction of sp³-hybridized carbons (Fsp3) is 0.345. The average molecular weight is 491 g/mol. The number of sulfonamides is 1. The number of piperidine rings is 1. The number of carbonyl (C=O) groups is 1. The molecule has 3 aromatic carbocycles. The Morgan fingerprint density at radius 3 is 2.26 bits per heavy atom. The Kier molecular flexibility index (Phi) is 8.37. The van der Waals surface area contributed by atoms with Gasteiger partial charge < -0.3 is 5.32 Å². The highest BCUT2D eigenvalue weighted by Gasteiger charge is 2.33. The van der Waals surface area contributed by atoms with Crippen LogP contribution in [0.4, 0.5) is 0 Å². The van der Waals surface area contributed by atoms with Gasteiger partial charge in [-0.2, -0.15) is 0 Å². The maximum Gasteiger partial charge on any atom is 0.225 e. The van der Waals surface area contributed by atoms with Gasteiger partial charge in [0.1, 0.15) is 0 Å². The number of hydrogen-bond acceptors (Lipinski definition) is 3. The topological polar surface area (TPSA) is 66.5 Å². The number of carbonyl (C=O) groups excluding carboxylic acids is 1. The van der Waals surface area contributed by atoms with E-state index in [1.54, 1.807) is 0 Å². The molecule has 1 aliphatic rings. The average Bonchev–Trinajstić information content (AvgIpc) is 2.89. The van der Waals surface area contributed by atoms with E-state index in [4.69, 9.17) is 0 Å². The summed E-state index contributed by atoms with van der Waals surface area (Å²) in [5.74, 6) is -0.348. The third kappa shape index (κ3) is 6.80. The third-order valence-electron chi connectivity index (χ3n) is 6.69. The fourth-order valence-electron chi connectivity index (χ4n) is 4.67. The predicted molar refractivity (Wildman–Crippen MR) is 140 cm³/mol. The lowest BCUT2D eigenvalue weighted by Crippen LogP contribution is -2.46. The summed E-state index contributed by atoms with van der Waals surface area (Å²) < 4.78 is 27.6. The largest absolute Gasteiger partial charge is 0.345 e. The number of hydrogen-bond donors (Lipinski definition) is 1. The van der Waals surface area contributed by atoms with E-state index in [0.29, 0.717) is 25.8 Å². The molecule has 5 nitrogen and oxygen atoms in total. The number of nitrogens with one attached hydrogen (secondary N) is 1. The smallest absolute Gasteiger partial charge is 0.225 e. The molecule has 1 N–H and O–H groups in total. The summed E-state index contributed by atoms with van der Waals surface area (Å²) in [6, 6.07) is 27.7. The lowest BCUT2D eigenvalue weighted by atomic mass is 9.94. The number of nitrogens with zero attached hydrogens (tertiary/aromatic N) is 1. The van der Waals surface area contributed by atoms with Gasteiger partial charge in [-0.15, -0.1) is 0 Å². The first-order valence-electron chi connectivity index (χ1n) is 12.4. The van der Waals surface area contributed by atoms with Crippen LogP contribution in [0.2, 0.25) is 0 Å². The minimum Gasteiger partial charge on any atom is -0.345 e. The minimum absolute atomic E-state index is 0.0939. The molecule has 184 valence electrons. The molecule has 0 aromatic heterocycles. The van der Waals surface area contributed by atoms with E-state index in [0.717, 1.165) is 28.7 Å². The minimum atomic E-state index is -3.40. The van der Waals surface area contributed by atoms with Crippen LogP contribution in [0.15, 0.2) is 84.9 Å². The van der Waals surface area contributed by atoms with Crippen LogP contribution >= 0.6 is 0 Å². The van der Waals surface area contributed by atoms with E-state index < -0.39 is 10.0 Å². The summed E-state index contributed by atoms with van der Waals surface area (Å²) in [7, 11) is -3.40. The number of rotatable bonds is 9. The maximum absolute atomic E-state index is 13.4. The molecule has 0 spiro atoms. The lowest BCUT2D eigenvalue weighted by molar-refractivity contribution is -0.126. The lowest BCUT2D eigenvalue weighted by Gasteiger charge is -2.32. The van der Waals surface area contributed by atoms with Gasteiger partial charge in [0.05, 0.1) is 17.7 Å². The van der Waals surface area contributed by atoms with Crippen molar-refractivity contribution in [3.8, 4) is 0 Å². The zero-order valence-corrected chi connectivity index (χ0v) is 21.1. The Morgan fingerprint density at radius 2 is 1.57 bits per heavy atom. The molecular weight excluding hydrogens is 456 g/mol. The molecule has 0 radical (unpaired) electrons. The fourth-order valence-corrected chi connectivity index (χ4v) is 6.25.